The Morgan fingerprint density at radius 3 is 1.75 bits per heavy atom. The fourth-order valence-electron chi connectivity index (χ4n) is 1.64. The highest BCUT2D eigenvalue weighted by Crippen LogP contribution is 2.20. The molecule has 0 N–H and O–H groups in total. The molecule has 3 nitrogen and oxygen atoms in total. The van der Waals surface area contributed by atoms with Crippen molar-refractivity contribution in [2.45, 2.75) is 45.8 Å². The van der Waals surface area contributed by atoms with Crippen molar-refractivity contribution in [1.82, 2.24) is 0 Å². The number of rotatable bonds is 7. The van der Waals surface area contributed by atoms with E-state index in [1.807, 2.05) is 5.70 Å². The summed E-state index contributed by atoms with van der Waals surface area (Å²) in [5.41, 5.74) is 1.89. The van der Waals surface area contributed by atoms with Crippen LogP contribution in [-0.2, 0) is 12.3 Å². The maximum Gasteiger partial charge on any atom is 0.312 e. The minimum atomic E-state index is -2.04. The van der Waals surface area contributed by atoms with Gasteiger partial charge in [-0.15, -0.1) is 6.58 Å². The van der Waals surface area contributed by atoms with Crippen LogP contribution < -0.4 is 0 Å². The van der Waals surface area contributed by atoms with Gasteiger partial charge in [0.05, 0.1) is 0 Å². The third-order valence-corrected chi connectivity index (χ3v) is 13.6. The van der Waals surface area contributed by atoms with E-state index in [0.29, 0.717) is 0 Å². The fourth-order valence-corrected chi connectivity index (χ4v) is 15.7. The molecule has 0 heterocycles. The summed E-state index contributed by atoms with van der Waals surface area (Å²) in [6, 6.07) is 0. The summed E-state index contributed by atoms with van der Waals surface area (Å²) < 4.78 is 18.1. The molecule has 7 heteroatoms. The zero-order chi connectivity index (χ0) is 13.0. The normalized spacial score (nSPS) is 14.7. The summed E-state index contributed by atoms with van der Waals surface area (Å²) in [5.74, 6) is 0. The monoisotopic (exact) mass is 294 g/mol. The lowest BCUT2D eigenvalue weighted by molar-refractivity contribution is 0.339. The topological polar surface area (TPSA) is 27.7 Å². The largest absolute Gasteiger partial charge is 0.438 e. The molecule has 0 bridgehead atoms. The molecule has 16 heavy (non-hydrogen) atoms. The molecule has 0 rings (SSSR count). The quantitative estimate of drug-likeness (QED) is 0.675. The minimum absolute atomic E-state index is 0.615. The molecular weight excluding hydrogens is 268 g/mol. The van der Waals surface area contributed by atoms with Crippen molar-refractivity contribution in [1.29, 1.82) is 0 Å². The Morgan fingerprint density at radius 2 is 1.38 bits per heavy atom. The van der Waals surface area contributed by atoms with Crippen LogP contribution in [0.4, 0.5) is 0 Å². The molecule has 0 atom stereocenters. The van der Waals surface area contributed by atoms with Gasteiger partial charge in [-0.05, 0) is 45.8 Å². The summed E-state index contributed by atoms with van der Waals surface area (Å²) in [5, 5.41) is 0. The van der Waals surface area contributed by atoms with Crippen molar-refractivity contribution in [2.75, 3.05) is 0 Å². The molecule has 0 amide bonds. The zero-order valence-electron chi connectivity index (χ0n) is 11.7. The van der Waals surface area contributed by atoms with E-state index in [9.17, 15) is 0 Å². The molecule has 0 radical (unpaired) electrons. The summed E-state index contributed by atoms with van der Waals surface area (Å²) >= 11 is 0. The van der Waals surface area contributed by atoms with Crippen LogP contribution >= 0.6 is 0 Å². The van der Waals surface area contributed by atoms with Crippen LogP contribution in [0, 0.1) is 0 Å². The molecule has 0 spiro atoms. The van der Waals surface area contributed by atoms with E-state index in [1.54, 1.807) is 0 Å². The zero-order valence-corrected chi connectivity index (χ0v) is 16.1. The molecule has 0 aromatic rings. The van der Waals surface area contributed by atoms with Gasteiger partial charge in [0.1, 0.15) is 0 Å². The van der Waals surface area contributed by atoms with Crippen LogP contribution in [0.3, 0.4) is 0 Å². The predicted octanol–water partition coefficient (Wildman–Crippen LogP) is 2.50. The van der Waals surface area contributed by atoms with Crippen LogP contribution in [0.1, 0.15) is 0 Å². The van der Waals surface area contributed by atoms with Crippen LogP contribution in [0.5, 0.6) is 0 Å². The average molecular weight is 295 g/mol. The number of hydrogen-bond acceptors (Lipinski definition) is 3. The molecule has 0 aliphatic carbocycles. The first-order valence-corrected chi connectivity index (χ1v) is 16.1. The van der Waals surface area contributed by atoms with Gasteiger partial charge in [-0.2, -0.15) is 0 Å². The van der Waals surface area contributed by atoms with Gasteiger partial charge >= 0.3 is 17.1 Å². The Morgan fingerprint density at radius 1 is 0.875 bits per heavy atom. The molecule has 96 valence electrons. The van der Waals surface area contributed by atoms with Crippen LogP contribution in [-0.4, -0.2) is 35.2 Å². The Kier molecular flexibility index (Phi) is 6.07. The molecule has 0 aromatic carbocycles. The van der Waals surface area contributed by atoms with E-state index in [0.717, 1.165) is 0 Å². The molecule has 0 aliphatic rings. The van der Waals surface area contributed by atoms with Crippen LogP contribution in [0.15, 0.2) is 12.3 Å². The molecule has 0 aliphatic heterocycles. The van der Waals surface area contributed by atoms with Crippen molar-refractivity contribution < 1.29 is 12.3 Å². The van der Waals surface area contributed by atoms with E-state index in [4.69, 9.17) is 12.3 Å². The van der Waals surface area contributed by atoms with Gasteiger partial charge in [-0.1, -0.05) is 5.70 Å². The van der Waals surface area contributed by atoms with Gasteiger partial charge in [-0.3, -0.25) is 0 Å². The second kappa shape index (κ2) is 5.89. The summed E-state index contributed by atoms with van der Waals surface area (Å²) in [7, 11) is -6.19. The van der Waals surface area contributed by atoms with Crippen molar-refractivity contribution in [3.63, 3.8) is 0 Å². The molecule has 0 unspecified atom stereocenters. The summed E-state index contributed by atoms with van der Waals surface area (Å²) in [6.45, 7) is 18.7. The summed E-state index contributed by atoms with van der Waals surface area (Å²) in [4.78, 5) is 0. The maximum atomic E-state index is 6.16. The fraction of sp³-hybridized carbons (Fsp3) is 0.778. The first kappa shape index (κ1) is 16.5. The van der Waals surface area contributed by atoms with Crippen molar-refractivity contribution in [3.05, 3.63) is 12.3 Å². The lowest BCUT2D eigenvalue weighted by atomic mass is 11.3. The highest BCUT2D eigenvalue weighted by atomic mass is 28.5. The molecule has 0 saturated carbocycles. The smallest absolute Gasteiger partial charge is 0.312 e. The first-order valence-electron chi connectivity index (χ1n) is 5.63. The van der Waals surface area contributed by atoms with Crippen molar-refractivity contribution in [3.8, 4) is 0 Å². The Balaban J connectivity index is 4.38. The molecule has 0 fully saturated rings. The Labute approximate surface area is 106 Å². The van der Waals surface area contributed by atoms with Crippen LogP contribution in [0.25, 0.3) is 0 Å². The number of hydrogen-bond donors (Lipinski definition) is 0. The standard InChI is InChI=1S/C9H26O3Si4/c1-9-13-10-15(5,6)12-16(7,8)11-14(2,3)4/h9H,1,13H2,2-8H3. The van der Waals surface area contributed by atoms with Gasteiger partial charge in [0.2, 0.25) is 0 Å². The Bertz CT molecular complexity index is 235. The third kappa shape index (κ3) is 8.62. The van der Waals surface area contributed by atoms with E-state index in [1.165, 1.54) is 0 Å². The molecule has 0 aromatic heterocycles. The Hall–Kier alpha value is 0.488. The van der Waals surface area contributed by atoms with Gasteiger partial charge in [0.25, 0.3) is 0 Å². The molecular formula is C9H26O3Si4. The lowest BCUT2D eigenvalue weighted by Crippen LogP contribution is -2.52. The maximum absolute atomic E-state index is 6.16. The highest BCUT2D eigenvalue weighted by Gasteiger charge is 2.38. The van der Waals surface area contributed by atoms with Crippen molar-refractivity contribution in [2.24, 2.45) is 0 Å². The SMILES string of the molecule is C=C[SiH2]O[Si](C)(C)O[Si](C)(C)O[Si](C)(C)C. The highest BCUT2D eigenvalue weighted by molar-refractivity contribution is 6.86. The van der Waals surface area contributed by atoms with Crippen molar-refractivity contribution >= 4 is 35.2 Å². The van der Waals surface area contributed by atoms with Gasteiger partial charge < -0.3 is 12.3 Å². The van der Waals surface area contributed by atoms with E-state index in [2.05, 4.69) is 52.4 Å². The van der Waals surface area contributed by atoms with Gasteiger partial charge in [0, 0.05) is 0 Å². The van der Waals surface area contributed by atoms with Gasteiger partial charge in [0.15, 0.2) is 18.1 Å². The van der Waals surface area contributed by atoms with E-state index >= 15 is 0 Å². The lowest BCUT2D eigenvalue weighted by Gasteiger charge is -2.36. The first-order chi connectivity index (χ1) is 6.97. The van der Waals surface area contributed by atoms with Gasteiger partial charge in [-0.25, -0.2) is 0 Å². The summed E-state index contributed by atoms with van der Waals surface area (Å²) in [6.07, 6.45) is 0. The third-order valence-electron chi connectivity index (χ3n) is 1.59. The second-order valence-corrected chi connectivity index (χ2v) is 19.2. The van der Waals surface area contributed by atoms with Crippen LogP contribution in [0.2, 0.25) is 45.8 Å². The van der Waals surface area contributed by atoms with E-state index < -0.39 is 35.2 Å². The second-order valence-electron chi connectivity index (χ2n) is 5.72. The predicted molar refractivity (Wildman–Crippen MR) is 80.3 cm³/mol. The molecule has 0 saturated heterocycles. The average Bonchev–Trinajstić information content (AvgIpc) is 1.93. The van der Waals surface area contributed by atoms with E-state index in [-0.39, 0.29) is 0 Å². The minimum Gasteiger partial charge on any atom is -0.438 e.